The summed E-state index contributed by atoms with van der Waals surface area (Å²) in [6.07, 6.45) is -0.270. The van der Waals surface area contributed by atoms with Crippen LogP contribution in [-0.2, 0) is 35.9 Å². The maximum atomic E-state index is 12.0. The van der Waals surface area contributed by atoms with Gasteiger partial charge in [-0.3, -0.25) is 4.79 Å². The molecule has 1 atom stereocenters. The zero-order chi connectivity index (χ0) is 19.8. The Labute approximate surface area is 161 Å². The molecule has 0 spiro atoms. The van der Waals surface area contributed by atoms with Crippen molar-refractivity contribution in [2.45, 2.75) is 36.0 Å². The third-order valence-corrected chi connectivity index (χ3v) is 7.74. The molecule has 0 bridgehead atoms. The van der Waals surface area contributed by atoms with E-state index < -0.39 is 31.9 Å². The molecule has 3 rings (SSSR count). The number of carbonyl (C=O) groups excluding carboxylic acids is 1. The Morgan fingerprint density at radius 2 is 2.19 bits per heavy atom. The Bertz CT molecular complexity index is 1090. The number of sulfone groups is 1. The van der Waals surface area contributed by atoms with Crippen LogP contribution in [0.3, 0.4) is 0 Å². The number of ether oxygens (including phenoxy) is 1. The van der Waals surface area contributed by atoms with Gasteiger partial charge in [0.1, 0.15) is 6.10 Å². The summed E-state index contributed by atoms with van der Waals surface area (Å²) in [7, 11) is -6.94. The minimum Gasteiger partial charge on any atom is -0.461 e. The van der Waals surface area contributed by atoms with E-state index in [4.69, 9.17) is 9.88 Å². The molecule has 1 saturated heterocycles. The highest BCUT2D eigenvalue weighted by molar-refractivity contribution is 7.99. The van der Waals surface area contributed by atoms with Crippen molar-refractivity contribution >= 4 is 48.6 Å². The van der Waals surface area contributed by atoms with Crippen molar-refractivity contribution in [2.75, 3.05) is 17.3 Å². The lowest BCUT2D eigenvalue weighted by atomic mass is 10.3. The molecule has 0 unspecified atom stereocenters. The van der Waals surface area contributed by atoms with Gasteiger partial charge in [-0.25, -0.2) is 27.0 Å². The van der Waals surface area contributed by atoms with Gasteiger partial charge in [0.15, 0.2) is 15.0 Å². The number of hydrogen-bond donors (Lipinski definition) is 1. The summed E-state index contributed by atoms with van der Waals surface area (Å²) in [5.74, 6) is -0.632. The first kappa shape index (κ1) is 20.1. The highest BCUT2D eigenvalue weighted by Crippen LogP contribution is 2.26. The lowest BCUT2D eigenvalue weighted by Gasteiger charge is -2.10. The van der Waals surface area contributed by atoms with Crippen molar-refractivity contribution in [3.05, 3.63) is 18.2 Å². The van der Waals surface area contributed by atoms with Gasteiger partial charge in [-0.05, 0) is 31.5 Å². The Balaban J connectivity index is 1.73. The molecule has 1 aromatic carbocycles. The Hall–Kier alpha value is -1.63. The van der Waals surface area contributed by atoms with Crippen LogP contribution in [0, 0.1) is 0 Å². The van der Waals surface area contributed by atoms with Gasteiger partial charge < -0.3 is 9.30 Å². The zero-order valence-electron chi connectivity index (χ0n) is 14.5. The summed E-state index contributed by atoms with van der Waals surface area (Å²) in [5, 5.41) is 5.69. The number of thioether (sulfide) groups is 1. The number of hydrogen-bond acceptors (Lipinski definition) is 8. The summed E-state index contributed by atoms with van der Waals surface area (Å²) in [6, 6.07) is 4.43. The largest absolute Gasteiger partial charge is 0.461 e. The Morgan fingerprint density at radius 1 is 1.44 bits per heavy atom. The second kappa shape index (κ2) is 7.41. The number of imidazole rings is 1. The standard InChI is InChI=1S/C15H19N3O6S3/c1-2-18-13-4-3-11(27(16,22)23)7-12(13)17-15(18)25-8-14(19)24-10-5-6-26(20,21)9-10/h3-4,7,10H,2,5-6,8-9H2,1H3,(H2,16,22,23)/t10-/m0/s1. The average molecular weight is 434 g/mol. The second-order valence-corrected chi connectivity index (χ2v) is 10.9. The molecule has 12 heteroatoms. The normalized spacial score (nSPS) is 19.4. The maximum absolute atomic E-state index is 12.0. The van der Waals surface area contributed by atoms with Crippen LogP contribution in [-0.4, -0.2) is 55.7 Å². The number of aryl methyl sites for hydroxylation is 1. The van der Waals surface area contributed by atoms with Crippen LogP contribution in [0.15, 0.2) is 28.3 Å². The van der Waals surface area contributed by atoms with E-state index in [2.05, 4.69) is 4.98 Å². The molecule has 148 valence electrons. The number of benzene rings is 1. The molecular weight excluding hydrogens is 414 g/mol. The molecule has 1 aromatic heterocycles. The summed E-state index contributed by atoms with van der Waals surface area (Å²) in [5.41, 5.74) is 1.18. The van der Waals surface area contributed by atoms with Crippen LogP contribution in [0.4, 0.5) is 0 Å². The Kier molecular flexibility index (Phi) is 5.52. The van der Waals surface area contributed by atoms with Gasteiger partial charge in [0.05, 0.1) is 33.2 Å². The lowest BCUT2D eigenvalue weighted by Crippen LogP contribution is -2.20. The maximum Gasteiger partial charge on any atom is 0.316 e. The summed E-state index contributed by atoms with van der Waals surface area (Å²) < 4.78 is 52.9. The van der Waals surface area contributed by atoms with Gasteiger partial charge in [-0.15, -0.1) is 0 Å². The number of sulfonamides is 1. The van der Waals surface area contributed by atoms with Crippen molar-refractivity contribution in [3.8, 4) is 0 Å². The third-order valence-electron chi connectivity index (χ3n) is 4.14. The first-order valence-corrected chi connectivity index (χ1v) is 12.5. The van der Waals surface area contributed by atoms with E-state index in [0.717, 1.165) is 17.3 Å². The van der Waals surface area contributed by atoms with E-state index in [1.165, 1.54) is 12.1 Å². The fraction of sp³-hybridized carbons (Fsp3) is 0.467. The van der Waals surface area contributed by atoms with Crippen molar-refractivity contribution in [2.24, 2.45) is 5.14 Å². The van der Waals surface area contributed by atoms with Crippen LogP contribution < -0.4 is 5.14 Å². The number of aromatic nitrogens is 2. The predicted octanol–water partition coefficient (Wildman–Crippen LogP) is 0.526. The van der Waals surface area contributed by atoms with Gasteiger partial charge in [0.25, 0.3) is 0 Å². The highest BCUT2D eigenvalue weighted by Gasteiger charge is 2.30. The van der Waals surface area contributed by atoms with Crippen molar-refractivity contribution in [1.29, 1.82) is 0 Å². The fourth-order valence-corrected chi connectivity index (χ4v) is 5.86. The lowest BCUT2D eigenvalue weighted by molar-refractivity contribution is -0.144. The molecular formula is C15H19N3O6S3. The van der Waals surface area contributed by atoms with Crippen LogP contribution in [0.25, 0.3) is 11.0 Å². The summed E-state index contributed by atoms with van der Waals surface area (Å²) in [6.45, 7) is 2.48. The van der Waals surface area contributed by atoms with Crippen molar-refractivity contribution < 1.29 is 26.4 Å². The van der Waals surface area contributed by atoms with E-state index >= 15 is 0 Å². The van der Waals surface area contributed by atoms with Gasteiger partial charge in [-0.1, -0.05) is 11.8 Å². The SMILES string of the molecule is CCn1c(SCC(=O)O[C@H]2CCS(=O)(=O)C2)nc2cc(S(N)(=O)=O)ccc21. The molecule has 2 N–H and O–H groups in total. The first-order chi connectivity index (χ1) is 12.6. The monoisotopic (exact) mass is 433 g/mol. The minimum absolute atomic E-state index is 0.0259. The quantitative estimate of drug-likeness (QED) is 0.514. The van der Waals surface area contributed by atoms with Gasteiger partial charge >= 0.3 is 5.97 Å². The number of rotatable bonds is 6. The van der Waals surface area contributed by atoms with Crippen LogP contribution in [0.5, 0.6) is 0 Å². The number of carbonyl (C=O) groups is 1. The van der Waals surface area contributed by atoms with Crippen LogP contribution in [0.2, 0.25) is 0 Å². The van der Waals surface area contributed by atoms with Crippen molar-refractivity contribution in [1.82, 2.24) is 9.55 Å². The average Bonchev–Trinajstić information content (AvgIpc) is 3.10. The second-order valence-electron chi connectivity index (χ2n) is 6.14. The first-order valence-electron chi connectivity index (χ1n) is 8.15. The molecule has 0 aliphatic carbocycles. The Morgan fingerprint density at radius 3 is 2.78 bits per heavy atom. The molecule has 0 amide bonds. The molecule has 1 aliphatic rings. The number of fused-ring (bicyclic) bond motifs is 1. The van der Waals surface area contributed by atoms with E-state index in [-0.39, 0.29) is 22.2 Å². The van der Waals surface area contributed by atoms with Gasteiger partial charge in [0.2, 0.25) is 10.0 Å². The number of nitrogens with zero attached hydrogens (tertiary/aromatic N) is 2. The summed E-state index contributed by atoms with van der Waals surface area (Å²) >= 11 is 1.15. The minimum atomic E-state index is -3.83. The molecule has 2 aromatic rings. The topological polar surface area (TPSA) is 138 Å². The molecule has 0 radical (unpaired) electrons. The third kappa shape index (κ3) is 4.62. The molecule has 1 fully saturated rings. The number of nitrogens with two attached hydrogens (primary N) is 1. The van der Waals surface area contributed by atoms with Crippen molar-refractivity contribution in [3.63, 3.8) is 0 Å². The molecule has 2 heterocycles. The molecule has 1 aliphatic heterocycles. The zero-order valence-corrected chi connectivity index (χ0v) is 16.9. The predicted molar refractivity (Wildman–Crippen MR) is 101 cm³/mol. The van der Waals surface area contributed by atoms with Gasteiger partial charge in [-0.2, -0.15) is 0 Å². The van der Waals surface area contributed by atoms with E-state index in [1.807, 2.05) is 11.5 Å². The molecule has 27 heavy (non-hydrogen) atoms. The number of primary sulfonamides is 1. The summed E-state index contributed by atoms with van der Waals surface area (Å²) in [4.78, 5) is 16.4. The van der Waals surface area contributed by atoms with Crippen LogP contribution >= 0.6 is 11.8 Å². The van der Waals surface area contributed by atoms with E-state index in [1.54, 1.807) is 6.07 Å². The molecule has 9 nitrogen and oxygen atoms in total. The highest BCUT2D eigenvalue weighted by atomic mass is 32.2. The smallest absolute Gasteiger partial charge is 0.316 e. The van der Waals surface area contributed by atoms with E-state index in [9.17, 15) is 21.6 Å². The fourth-order valence-electron chi connectivity index (χ4n) is 2.88. The number of esters is 1. The van der Waals surface area contributed by atoms with Gasteiger partial charge in [0, 0.05) is 6.54 Å². The van der Waals surface area contributed by atoms with E-state index in [0.29, 0.717) is 23.6 Å². The van der Waals surface area contributed by atoms with Crippen LogP contribution in [0.1, 0.15) is 13.3 Å². The molecule has 0 saturated carbocycles.